The summed E-state index contributed by atoms with van der Waals surface area (Å²) in [4.78, 5) is 23.3. The lowest BCUT2D eigenvalue weighted by Gasteiger charge is -2.09. The van der Waals surface area contributed by atoms with E-state index in [1.54, 1.807) is 23.7 Å². The standard InChI is InChI=1S/C20H25N3O5S/c1-15-9-11-17(12-10-15)22-20(25)16-6-5-7-18(14-16)29(27,28)21-13-4-2-3-8-19(24)23-26/h5-7,9-12,14,21,26H,2-4,8,13H2,1H3,(H,22,25)(H,23,24). The molecule has 0 aliphatic heterocycles. The Balaban J connectivity index is 1.91. The molecule has 0 aliphatic rings. The van der Waals surface area contributed by atoms with E-state index in [1.807, 2.05) is 19.1 Å². The molecule has 0 spiro atoms. The topological polar surface area (TPSA) is 125 Å². The SMILES string of the molecule is Cc1ccc(NC(=O)c2cccc(S(=O)(=O)NCCCCCC(=O)NO)c2)cc1. The van der Waals surface area contributed by atoms with Gasteiger partial charge in [-0.25, -0.2) is 18.6 Å². The summed E-state index contributed by atoms with van der Waals surface area (Å²) in [5.74, 6) is -0.862. The Kier molecular flexibility index (Phi) is 8.32. The number of aryl methyl sites for hydroxylation is 1. The molecule has 0 aromatic heterocycles. The molecule has 2 aromatic rings. The molecular weight excluding hydrogens is 394 g/mol. The first kappa shape index (κ1) is 22.5. The van der Waals surface area contributed by atoms with E-state index in [1.165, 1.54) is 18.2 Å². The Bertz CT molecular complexity index is 943. The van der Waals surface area contributed by atoms with E-state index in [2.05, 4.69) is 10.0 Å². The van der Waals surface area contributed by atoms with Crippen LogP contribution in [0.25, 0.3) is 0 Å². The largest absolute Gasteiger partial charge is 0.322 e. The fourth-order valence-electron chi connectivity index (χ4n) is 2.58. The Labute approximate surface area is 170 Å². The number of hydrogen-bond acceptors (Lipinski definition) is 5. The van der Waals surface area contributed by atoms with Crippen LogP contribution in [0.15, 0.2) is 53.4 Å². The van der Waals surface area contributed by atoms with Gasteiger partial charge >= 0.3 is 0 Å². The Morgan fingerprint density at radius 3 is 2.41 bits per heavy atom. The van der Waals surface area contributed by atoms with E-state index in [9.17, 15) is 18.0 Å². The number of nitrogens with one attached hydrogen (secondary N) is 3. The van der Waals surface area contributed by atoms with E-state index in [4.69, 9.17) is 5.21 Å². The van der Waals surface area contributed by atoms with Crippen molar-refractivity contribution in [3.05, 3.63) is 59.7 Å². The number of amides is 2. The van der Waals surface area contributed by atoms with E-state index in [0.29, 0.717) is 24.9 Å². The van der Waals surface area contributed by atoms with Crippen molar-refractivity contribution in [3.63, 3.8) is 0 Å². The summed E-state index contributed by atoms with van der Waals surface area (Å²) >= 11 is 0. The zero-order valence-electron chi connectivity index (χ0n) is 16.1. The molecule has 0 unspecified atom stereocenters. The Hall–Kier alpha value is -2.75. The smallest absolute Gasteiger partial charge is 0.255 e. The maximum atomic E-state index is 12.5. The van der Waals surface area contributed by atoms with E-state index in [0.717, 1.165) is 5.56 Å². The molecule has 0 atom stereocenters. The summed E-state index contributed by atoms with van der Waals surface area (Å²) in [6.45, 7) is 2.15. The number of hydroxylamine groups is 1. The first-order valence-corrected chi connectivity index (χ1v) is 10.7. The molecule has 4 N–H and O–H groups in total. The highest BCUT2D eigenvalue weighted by Gasteiger charge is 2.16. The third-order valence-electron chi connectivity index (χ3n) is 4.21. The fraction of sp³-hybridized carbons (Fsp3) is 0.300. The molecule has 2 aromatic carbocycles. The molecule has 0 aliphatic carbocycles. The van der Waals surface area contributed by atoms with Crippen LogP contribution in [-0.2, 0) is 14.8 Å². The summed E-state index contributed by atoms with van der Waals surface area (Å²) in [5.41, 5.74) is 3.48. The van der Waals surface area contributed by atoms with Gasteiger partial charge in [-0.2, -0.15) is 0 Å². The van der Waals surface area contributed by atoms with Crippen molar-refractivity contribution in [1.29, 1.82) is 0 Å². The molecule has 0 heterocycles. The van der Waals surface area contributed by atoms with Crippen molar-refractivity contribution in [3.8, 4) is 0 Å². The average Bonchev–Trinajstić information content (AvgIpc) is 2.72. The van der Waals surface area contributed by atoms with E-state index >= 15 is 0 Å². The predicted octanol–water partition coefficient (Wildman–Crippen LogP) is 2.59. The third kappa shape index (κ3) is 7.30. The van der Waals surface area contributed by atoms with Gasteiger partial charge in [0.1, 0.15) is 0 Å². The number of unbranched alkanes of at least 4 members (excludes halogenated alkanes) is 2. The lowest BCUT2D eigenvalue weighted by molar-refractivity contribution is -0.129. The van der Waals surface area contributed by atoms with Crippen molar-refractivity contribution in [1.82, 2.24) is 10.2 Å². The molecule has 0 bridgehead atoms. The molecule has 0 fully saturated rings. The number of sulfonamides is 1. The fourth-order valence-corrected chi connectivity index (χ4v) is 3.70. The summed E-state index contributed by atoms with van der Waals surface area (Å²) in [6, 6.07) is 13.1. The zero-order chi connectivity index (χ0) is 21.3. The molecule has 8 nitrogen and oxygen atoms in total. The van der Waals surface area contributed by atoms with Gasteiger partial charge in [0.15, 0.2) is 0 Å². The Morgan fingerprint density at radius 2 is 1.72 bits per heavy atom. The van der Waals surface area contributed by atoms with Crippen LogP contribution in [0.3, 0.4) is 0 Å². The van der Waals surface area contributed by atoms with Gasteiger partial charge in [-0.15, -0.1) is 0 Å². The summed E-state index contributed by atoms with van der Waals surface area (Å²) < 4.78 is 27.4. The van der Waals surface area contributed by atoms with Gasteiger partial charge in [0, 0.05) is 24.2 Å². The van der Waals surface area contributed by atoms with Crippen LogP contribution >= 0.6 is 0 Å². The molecule has 0 saturated carbocycles. The minimum Gasteiger partial charge on any atom is -0.322 e. The second-order valence-electron chi connectivity index (χ2n) is 6.59. The number of hydrogen-bond donors (Lipinski definition) is 4. The number of carbonyl (C=O) groups excluding carboxylic acids is 2. The van der Waals surface area contributed by atoms with Crippen molar-refractivity contribution >= 4 is 27.5 Å². The predicted molar refractivity (Wildman–Crippen MR) is 109 cm³/mol. The van der Waals surface area contributed by atoms with Crippen LogP contribution in [0.1, 0.15) is 41.6 Å². The highest BCUT2D eigenvalue weighted by atomic mass is 32.2. The lowest BCUT2D eigenvalue weighted by Crippen LogP contribution is -2.25. The van der Waals surface area contributed by atoms with Gasteiger partial charge in [-0.3, -0.25) is 14.8 Å². The third-order valence-corrected chi connectivity index (χ3v) is 5.67. The van der Waals surface area contributed by atoms with Gasteiger partial charge in [0.05, 0.1) is 4.90 Å². The van der Waals surface area contributed by atoms with Crippen LogP contribution in [0.4, 0.5) is 5.69 Å². The quantitative estimate of drug-likeness (QED) is 0.268. The van der Waals surface area contributed by atoms with E-state index < -0.39 is 21.8 Å². The highest BCUT2D eigenvalue weighted by Crippen LogP contribution is 2.15. The number of carbonyl (C=O) groups is 2. The van der Waals surface area contributed by atoms with E-state index in [-0.39, 0.29) is 23.4 Å². The maximum absolute atomic E-state index is 12.5. The first-order valence-electron chi connectivity index (χ1n) is 9.22. The van der Waals surface area contributed by atoms with Gasteiger partial charge in [-0.1, -0.05) is 30.2 Å². The number of benzene rings is 2. The number of anilines is 1. The molecule has 29 heavy (non-hydrogen) atoms. The zero-order valence-corrected chi connectivity index (χ0v) is 17.0. The van der Waals surface area contributed by atoms with Gasteiger partial charge < -0.3 is 5.32 Å². The average molecular weight is 420 g/mol. The van der Waals surface area contributed by atoms with Crippen molar-refractivity contribution in [2.45, 2.75) is 37.5 Å². The van der Waals surface area contributed by atoms with Crippen LogP contribution in [0, 0.1) is 6.92 Å². The van der Waals surface area contributed by atoms with Crippen LogP contribution in [-0.4, -0.2) is 32.0 Å². The van der Waals surface area contributed by atoms with Crippen molar-refractivity contribution in [2.24, 2.45) is 0 Å². The maximum Gasteiger partial charge on any atom is 0.255 e. The second-order valence-corrected chi connectivity index (χ2v) is 8.36. The van der Waals surface area contributed by atoms with Crippen molar-refractivity contribution < 1.29 is 23.2 Å². The summed E-state index contributed by atoms with van der Waals surface area (Å²) in [6.07, 6.45) is 1.91. The molecule has 2 rings (SSSR count). The summed E-state index contributed by atoms with van der Waals surface area (Å²) in [5, 5.41) is 11.1. The molecule has 2 amide bonds. The number of rotatable bonds is 10. The van der Waals surface area contributed by atoms with Gasteiger partial charge in [-0.05, 0) is 50.1 Å². The first-order chi connectivity index (χ1) is 13.8. The minimum absolute atomic E-state index is 0.00807. The van der Waals surface area contributed by atoms with Crippen LogP contribution in [0.2, 0.25) is 0 Å². The van der Waals surface area contributed by atoms with Gasteiger partial charge in [0.2, 0.25) is 15.9 Å². The van der Waals surface area contributed by atoms with Crippen molar-refractivity contribution in [2.75, 3.05) is 11.9 Å². The normalized spacial score (nSPS) is 11.1. The summed E-state index contributed by atoms with van der Waals surface area (Å²) in [7, 11) is -3.75. The Morgan fingerprint density at radius 1 is 1.00 bits per heavy atom. The molecule has 156 valence electrons. The monoisotopic (exact) mass is 419 g/mol. The lowest BCUT2D eigenvalue weighted by atomic mass is 10.2. The highest BCUT2D eigenvalue weighted by molar-refractivity contribution is 7.89. The molecule has 9 heteroatoms. The second kappa shape index (κ2) is 10.7. The molecule has 0 saturated heterocycles. The van der Waals surface area contributed by atoms with Crippen LogP contribution in [0.5, 0.6) is 0 Å². The van der Waals surface area contributed by atoms with Crippen LogP contribution < -0.4 is 15.5 Å². The minimum atomic E-state index is -3.75. The molecule has 0 radical (unpaired) electrons. The van der Waals surface area contributed by atoms with Gasteiger partial charge in [0.25, 0.3) is 5.91 Å². The molecular formula is C20H25N3O5S.